The van der Waals surface area contributed by atoms with Crippen molar-refractivity contribution in [2.45, 2.75) is 6.92 Å². The van der Waals surface area contributed by atoms with Gasteiger partial charge in [0, 0.05) is 0 Å². The molecule has 0 saturated heterocycles. The van der Waals surface area contributed by atoms with E-state index in [1.807, 2.05) is 24.6 Å². The van der Waals surface area contributed by atoms with Crippen LogP contribution in [0.15, 0.2) is 17.6 Å². The molecule has 0 fully saturated rings. The van der Waals surface area contributed by atoms with Crippen molar-refractivity contribution in [2.75, 3.05) is 0 Å². The van der Waals surface area contributed by atoms with Gasteiger partial charge in [0.25, 0.3) is 0 Å². The number of fused-ring (bicyclic) bond motifs is 3. The van der Waals surface area contributed by atoms with Crippen molar-refractivity contribution in [3.05, 3.63) is 23.5 Å². The number of nitrogens with one attached hydrogen (secondary N) is 1. The lowest BCUT2D eigenvalue weighted by Gasteiger charge is -1.88. The molecule has 0 atom stereocenters. The third kappa shape index (κ3) is 0.890. The Labute approximate surface area is 78.4 Å². The van der Waals surface area contributed by atoms with Gasteiger partial charge in [0.05, 0.1) is 21.9 Å². The second-order valence-corrected chi connectivity index (χ2v) is 3.89. The maximum Gasteiger partial charge on any atom is 0.110 e. The van der Waals surface area contributed by atoms with Gasteiger partial charge in [0.1, 0.15) is 11.3 Å². The highest BCUT2D eigenvalue weighted by Crippen LogP contribution is 2.25. The Morgan fingerprint density at radius 1 is 1.46 bits per heavy atom. The fraction of sp³-hybridized carbons (Fsp3) is 0.111. The predicted molar refractivity (Wildman–Crippen MR) is 54.0 cm³/mol. The fourth-order valence-electron chi connectivity index (χ4n) is 1.49. The zero-order valence-corrected chi connectivity index (χ0v) is 7.85. The van der Waals surface area contributed by atoms with Gasteiger partial charge in [-0.05, 0) is 18.4 Å². The topological polar surface area (TPSA) is 41.6 Å². The van der Waals surface area contributed by atoms with E-state index in [9.17, 15) is 0 Å². The molecular weight excluding hydrogens is 182 g/mol. The van der Waals surface area contributed by atoms with E-state index in [-0.39, 0.29) is 0 Å². The van der Waals surface area contributed by atoms with Crippen LogP contribution in [0, 0.1) is 6.92 Å². The number of imidazole rings is 1. The molecule has 3 rings (SSSR count). The molecule has 0 saturated carbocycles. The van der Waals surface area contributed by atoms with Gasteiger partial charge in [-0.15, -0.1) is 11.3 Å². The first kappa shape index (κ1) is 7.03. The zero-order valence-electron chi connectivity index (χ0n) is 7.03. The van der Waals surface area contributed by atoms with E-state index >= 15 is 0 Å². The Hall–Kier alpha value is -1.42. The Morgan fingerprint density at radius 3 is 3.31 bits per heavy atom. The van der Waals surface area contributed by atoms with E-state index in [2.05, 4.69) is 15.0 Å². The molecule has 0 spiro atoms. The first-order valence-corrected chi connectivity index (χ1v) is 4.91. The molecular formula is C9H7N3S. The van der Waals surface area contributed by atoms with Gasteiger partial charge in [-0.25, -0.2) is 4.98 Å². The highest BCUT2D eigenvalue weighted by atomic mass is 32.1. The SMILES string of the molecule is Cc1nc2c(cnc3ccsc32)[nH]1. The van der Waals surface area contributed by atoms with E-state index in [1.165, 1.54) is 4.70 Å². The number of aryl methyl sites for hydroxylation is 1. The molecule has 0 unspecified atom stereocenters. The summed E-state index contributed by atoms with van der Waals surface area (Å²) in [6.45, 7) is 1.96. The van der Waals surface area contributed by atoms with Crippen LogP contribution in [-0.4, -0.2) is 15.0 Å². The van der Waals surface area contributed by atoms with Crippen LogP contribution in [0.2, 0.25) is 0 Å². The largest absolute Gasteiger partial charge is 0.341 e. The lowest BCUT2D eigenvalue weighted by Crippen LogP contribution is -1.74. The molecule has 13 heavy (non-hydrogen) atoms. The summed E-state index contributed by atoms with van der Waals surface area (Å²) in [7, 11) is 0. The van der Waals surface area contributed by atoms with Gasteiger partial charge in [0.15, 0.2) is 0 Å². The quantitative estimate of drug-likeness (QED) is 0.590. The van der Waals surface area contributed by atoms with Crippen molar-refractivity contribution < 1.29 is 0 Å². The minimum atomic E-state index is 0.942. The number of hydrogen-bond acceptors (Lipinski definition) is 3. The molecule has 3 nitrogen and oxygen atoms in total. The van der Waals surface area contributed by atoms with Crippen molar-refractivity contribution >= 4 is 32.6 Å². The van der Waals surface area contributed by atoms with Crippen LogP contribution in [0.3, 0.4) is 0 Å². The Balaban J connectivity index is 2.64. The second kappa shape index (κ2) is 2.29. The summed E-state index contributed by atoms with van der Waals surface area (Å²) in [6.07, 6.45) is 1.84. The molecule has 0 aliphatic heterocycles. The summed E-state index contributed by atoms with van der Waals surface area (Å²) < 4.78 is 1.17. The van der Waals surface area contributed by atoms with E-state index in [0.717, 1.165) is 22.4 Å². The molecule has 0 aliphatic rings. The number of pyridine rings is 1. The summed E-state index contributed by atoms with van der Waals surface area (Å²) in [6, 6.07) is 2.02. The lowest BCUT2D eigenvalue weighted by atomic mass is 10.3. The van der Waals surface area contributed by atoms with Crippen LogP contribution in [0.1, 0.15) is 5.82 Å². The van der Waals surface area contributed by atoms with Crippen molar-refractivity contribution in [3.63, 3.8) is 0 Å². The normalized spacial score (nSPS) is 11.5. The third-order valence-electron chi connectivity index (χ3n) is 2.04. The minimum absolute atomic E-state index is 0.942. The predicted octanol–water partition coefficient (Wildman–Crippen LogP) is 2.48. The lowest BCUT2D eigenvalue weighted by molar-refractivity contribution is 1.17. The van der Waals surface area contributed by atoms with Crippen molar-refractivity contribution in [1.82, 2.24) is 15.0 Å². The molecule has 3 heterocycles. The summed E-state index contributed by atoms with van der Waals surface area (Å²) in [5.41, 5.74) is 3.09. The van der Waals surface area contributed by atoms with Gasteiger partial charge in [0.2, 0.25) is 0 Å². The van der Waals surface area contributed by atoms with E-state index in [0.29, 0.717) is 0 Å². The summed E-state index contributed by atoms with van der Waals surface area (Å²) in [4.78, 5) is 11.9. The van der Waals surface area contributed by atoms with E-state index in [1.54, 1.807) is 11.3 Å². The molecule has 3 aromatic rings. The zero-order chi connectivity index (χ0) is 8.84. The number of aromatic amines is 1. The maximum absolute atomic E-state index is 4.43. The first-order valence-electron chi connectivity index (χ1n) is 4.03. The minimum Gasteiger partial charge on any atom is -0.341 e. The van der Waals surface area contributed by atoms with Crippen molar-refractivity contribution in [3.8, 4) is 0 Å². The molecule has 4 heteroatoms. The molecule has 64 valence electrons. The van der Waals surface area contributed by atoms with Gasteiger partial charge in [-0.1, -0.05) is 0 Å². The molecule has 0 amide bonds. The number of rotatable bonds is 0. The second-order valence-electron chi connectivity index (χ2n) is 2.98. The molecule has 0 radical (unpaired) electrons. The highest BCUT2D eigenvalue weighted by molar-refractivity contribution is 7.18. The van der Waals surface area contributed by atoms with Crippen LogP contribution in [0.5, 0.6) is 0 Å². The first-order chi connectivity index (χ1) is 6.34. The van der Waals surface area contributed by atoms with Gasteiger partial charge in [-0.2, -0.15) is 0 Å². The Morgan fingerprint density at radius 2 is 2.38 bits per heavy atom. The smallest absolute Gasteiger partial charge is 0.110 e. The average molecular weight is 189 g/mol. The van der Waals surface area contributed by atoms with Crippen LogP contribution < -0.4 is 0 Å². The van der Waals surface area contributed by atoms with Gasteiger partial charge >= 0.3 is 0 Å². The number of thiophene rings is 1. The summed E-state index contributed by atoms with van der Waals surface area (Å²) >= 11 is 1.69. The molecule has 0 aliphatic carbocycles. The number of aromatic nitrogens is 3. The summed E-state index contributed by atoms with van der Waals surface area (Å²) in [5, 5.41) is 2.04. The molecule has 0 bridgehead atoms. The maximum atomic E-state index is 4.43. The van der Waals surface area contributed by atoms with Crippen LogP contribution in [0.4, 0.5) is 0 Å². The van der Waals surface area contributed by atoms with Crippen molar-refractivity contribution in [2.24, 2.45) is 0 Å². The summed E-state index contributed by atoms with van der Waals surface area (Å²) in [5.74, 6) is 0.942. The number of nitrogens with zero attached hydrogens (tertiary/aromatic N) is 2. The van der Waals surface area contributed by atoms with Crippen LogP contribution >= 0.6 is 11.3 Å². The van der Waals surface area contributed by atoms with Gasteiger partial charge < -0.3 is 4.98 Å². The Bertz CT molecular complexity index is 579. The Kier molecular flexibility index (Phi) is 1.24. The van der Waals surface area contributed by atoms with Gasteiger partial charge in [-0.3, -0.25) is 4.98 Å². The fourth-order valence-corrected chi connectivity index (χ4v) is 2.33. The third-order valence-corrected chi connectivity index (χ3v) is 2.95. The highest BCUT2D eigenvalue weighted by Gasteiger charge is 2.05. The standard InChI is InChI=1S/C9H7N3S/c1-5-11-7-4-10-6-2-3-13-9(6)8(7)12-5/h2-4H,1H3,(H,11,12). The van der Waals surface area contributed by atoms with Crippen LogP contribution in [-0.2, 0) is 0 Å². The number of H-pyrrole nitrogens is 1. The monoisotopic (exact) mass is 189 g/mol. The average Bonchev–Trinajstić information content (AvgIpc) is 2.65. The van der Waals surface area contributed by atoms with Crippen LogP contribution in [0.25, 0.3) is 21.3 Å². The van der Waals surface area contributed by atoms with E-state index < -0.39 is 0 Å². The number of hydrogen-bond donors (Lipinski definition) is 1. The molecule has 0 aromatic carbocycles. The van der Waals surface area contributed by atoms with Crippen molar-refractivity contribution in [1.29, 1.82) is 0 Å². The molecule has 3 aromatic heterocycles. The van der Waals surface area contributed by atoms with E-state index in [4.69, 9.17) is 0 Å². The molecule has 1 N–H and O–H groups in total.